The van der Waals surface area contributed by atoms with Gasteiger partial charge in [-0.3, -0.25) is 4.90 Å². The van der Waals surface area contributed by atoms with Crippen LogP contribution in [-0.4, -0.2) is 51.5 Å². The summed E-state index contributed by atoms with van der Waals surface area (Å²) in [6.07, 6.45) is -4.98. The van der Waals surface area contributed by atoms with Crippen molar-refractivity contribution in [3.63, 3.8) is 0 Å². The molecule has 1 aromatic rings. The minimum absolute atomic E-state index is 0.0115. The van der Waals surface area contributed by atoms with Crippen LogP contribution in [-0.2, 0) is 0 Å². The molecule has 4 nitrogen and oxygen atoms in total. The molecule has 136 valence electrons. The molecule has 24 heavy (non-hydrogen) atoms. The van der Waals surface area contributed by atoms with Gasteiger partial charge in [0.25, 0.3) is 0 Å². The maximum atomic E-state index is 12.8. The van der Waals surface area contributed by atoms with Crippen LogP contribution in [0.4, 0.5) is 13.2 Å². The highest BCUT2D eigenvalue weighted by molar-refractivity contribution is 9.10. The molecule has 0 radical (unpaired) electrons. The quantitative estimate of drug-likeness (QED) is 0.773. The Bertz CT molecular complexity index is 549. The average molecular weight is 411 g/mol. The highest BCUT2D eigenvalue weighted by Crippen LogP contribution is 2.40. The Hall–Kier alpha value is -0.990. The van der Waals surface area contributed by atoms with Gasteiger partial charge in [0, 0.05) is 43.1 Å². The molecule has 8 heteroatoms. The van der Waals surface area contributed by atoms with E-state index in [0.717, 1.165) is 23.1 Å². The number of benzene rings is 1. The number of nitrogens with one attached hydrogen (secondary N) is 1. The van der Waals surface area contributed by atoms with Gasteiger partial charge in [-0.2, -0.15) is 13.2 Å². The minimum Gasteiger partial charge on any atom is -0.493 e. The first-order valence-electron chi connectivity index (χ1n) is 7.78. The largest absolute Gasteiger partial charge is 0.493 e. The number of alkyl halides is 3. The highest BCUT2D eigenvalue weighted by Gasteiger charge is 2.32. The second-order valence-corrected chi connectivity index (χ2v) is 6.54. The first-order valence-corrected chi connectivity index (χ1v) is 8.58. The fourth-order valence-electron chi connectivity index (χ4n) is 2.95. The molecule has 0 saturated carbocycles. The van der Waals surface area contributed by atoms with Crippen molar-refractivity contribution < 1.29 is 22.6 Å². The van der Waals surface area contributed by atoms with Crippen LogP contribution in [0.25, 0.3) is 0 Å². The predicted octanol–water partition coefficient (Wildman–Crippen LogP) is 3.76. The normalized spacial score (nSPS) is 17.6. The van der Waals surface area contributed by atoms with E-state index < -0.39 is 12.6 Å². The number of hydrogen-bond acceptors (Lipinski definition) is 4. The van der Waals surface area contributed by atoms with E-state index in [0.29, 0.717) is 24.6 Å². The van der Waals surface area contributed by atoms with Gasteiger partial charge >= 0.3 is 6.18 Å². The Morgan fingerprint density at radius 2 is 1.75 bits per heavy atom. The Balaban J connectivity index is 2.34. The summed E-state index contributed by atoms with van der Waals surface area (Å²) in [5, 5.41) is 3.23. The Morgan fingerprint density at radius 3 is 2.29 bits per heavy atom. The van der Waals surface area contributed by atoms with Gasteiger partial charge in [0.2, 0.25) is 0 Å². The summed E-state index contributed by atoms with van der Waals surface area (Å²) in [7, 11) is 3.05. The molecule has 0 spiro atoms. The molecule has 1 fully saturated rings. The van der Waals surface area contributed by atoms with Crippen molar-refractivity contribution in [2.45, 2.75) is 25.1 Å². The summed E-state index contributed by atoms with van der Waals surface area (Å²) in [4.78, 5) is 2.09. The van der Waals surface area contributed by atoms with Gasteiger partial charge in [0.05, 0.1) is 14.2 Å². The van der Waals surface area contributed by atoms with Gasteiger partial charge in [0.1, 0.15) is 0 Å². The summed E-state index contributed by atoms with van der Waals surface area (Å²) >= 11 is 3.48. The fraction of sp³-hybridized carbons (Fsp3) is 0.625. The third-order valence-corrected chi connectivity index (χ3v) is 4.84. The maximum Gasteiger partial charge on any atom is 0.389 e. The summed E-state index contributed by atoms with van der Waals surface area (Å²) in [6.45, 7) is 2.97. The lowest BCUT2D eigenvalue weighted by Gasteiger charge is -2.36. The second kappa shape index (κ2) is 8.40. The lowest BCUT2D eigenvalue weighted by atomic mass is 9.98. The van der Waals surface area contributed by atoms with Crippen LogP contribution in [0.5, 0.6) is 11.5 Å². The topological polar surface area (TPSA) is 33.7 Å². The van der Waals surface area contributed by atoms with Crippen molar-refractivity contribution in [3.05, 3.63) is 22.2 Å². The third kappa shape index (κ3) is 5.00. The molecule has 1 N–H and O–H groups in total. The maximum absolute atomic E-state index is 12.8. The zero-order chi connectivity index (χ0) is 17.7. The average Bonchev–Trinajstić information content (AvgIpc) is 2.55. The van der Waals surface area contributed by atoms with Gasteiger partial charge in [-0.25, -0.2) is 0 Å². The van der Waals surface area contributed by atoms with Gasteiger partial charge in [-0.05, 0) is 24.1 Å². The van der Waals surface area contributed by atoms with Crippen LogP contribution in [0, 0.1) is 0 Å². The number of halogens is 4. The number of piperazine rings is 1. The van der Waals surface area contributed by atoms with Crippen LogP contribution >= 0.6 is 15.9 Å². The van der Waals surface area contributed by atoms with Crippen molar-refractivity contribution in [1.29, 1.82) is 0 Å². The summed E-state index contributed by atoms with van der Waals surface area (Å²) in [5.41, 5.74) is 0.791. The van der Waals surface area contributed by atoms with Crippen LogP contribution in [0.3, 0.4) is 0 Å². The van der Waals surface area contributed by atoms with Gasteiger partial charge in [-0.1, -0.05) is 15.9 Å². The Morgan fingerprint density at radius 1 is 1.17 bits per heavy atom. The van der Waals surface area contributed by atoms with Crippen molar-refractivity contribution in [2.75, 3.05) is 40.4 Å². The van der Waals surface area contributed by atoms with E-state index in [9.17, 15) is 13.2 Å². The molecular weight excluding hydrogens is 389 g/mol. The fourth-order valence-corrected chi connectivity index (χ4v) is 3.54. The summed E-state index contributed by atoms with van der Waals surface area (Å²) < 4.78 is 49.6. The lowest BCUT2D eigenvalue weighted by molar-refractivity contribution is -0.138. The molecular formula is C16H22BrF3N2O2. The van der Waals surface area contributed by atoms with Crippen LogP contribution < -0.4 is 14.8 Å². The Labute approximate surface area is 148 Å². The number of ether oxygens (including phenoxy) is 2. The van der Waals surface area contributed by atoms with E-state index in [4.69, 9.17) is 9.47 Å². The molecule has 1 heterocycles. The number of rotatable bonds is 6. The van der Waals surface area contributed by atoms with Crippen molar-refractivity contribution in [2.24, 2.45) is 0 Å². The standard InChI is InChI=1S/C16H22BrF3N2O2/c1-23-14-9-11(12(17)10-15(14)24-2)13(3-4-16(18,19)20)22-7-5-21-6-8-22/h9-10,13,21H,3-8H2,1-2H3/t13-/m0/s1. The zero-order valence-electron chi connectivity index (χ0n) is 13.8. The van der Waals surface area contributed by atoms with Crippen molar-refractivity contribution in [1.82, 2.24) is 10.2 Å². The van der Waals surface area contributed by atoms with E-state index in [-0.39, 0.29) is 12.5 Å². The van der Waals surface area contributed by atoms with E-state index in [2.05, 4.69) is 26.1 Å². The molecule has 1 aliphatic rings. The molecule has 1 aliphatic heterocycles. The zero-order valence-corrected chi connectivity index (χ0v) is 15.3. The Kier molecular flexibility index (Phi) is 6.77. The molecule has 1 atom stereocenters. The molecule has 1 aromatic carbocycles. The minimum atomic E-state index is -4.17. The highest BCUT2D eigenvalue weighted by atomic mass is 79.9. The first kappa shape index (κ1) is 19.3. The van der Waals surface area contributed by atoms with E-state index in [1.807, 2.05) is 0 Å². The second-order valence-electron chi connectivity index (χ2n) is 5.68. The van der Waals surface area contributed by atoms with Gasteiger partial charge < -0.3 is 14.8 Å². The molecule has 0 unspecified atom stereocenters. The third-order valence-electron chi connectivity index (χ3n) is 4.16. The number of hydrogen-bond donors (Lipinski definition) is 1. The molecule has 0 bridgehead atoms. The monoisotopic (exact) mass is 410 g/mol. The van der Waals surface area contributed by atoms with Gasteiger partial charge in [-0.15, -0.1) is 0 Å². The molecule has 2 rings (SSSR count). The SMILES string of the molecule is COc1cc(Br)c([C@H](CCC(F)(F)F)N2CCNCC2)cc1OC. The molecule has 1 saturated heterocycles. The number of nitrogens with zero attached hydrogens (tertiary/aromatic N) is 1. The molecule has 0 aromatic heterocycles. The van der Waals surface area contributed by atoms with E-state index >= 15 is 0 Å². The molecule has 0 aliphatic carbocycles. The van der Waals surface area contributed by atoms with Crippen LogP contribution in [0.2, 0.25) is 0 Å². The predicted molar refractivity (Wildman–Crippen MR) is 89.7 cm³/mol. The van der Waals surface area contributed by atoms with Crippen LogP contribution in [0.15, 0.2) is 16.6 Å². The van der Waals surface area contributed by atoms with Gasteiger partial charge in [0.15, 0.2) is 11.5 Å². The summed E-state index contributed by atoms with van der Waals surface area (Å²) in [5.74, 6) is 1.06. The van der Waals surface area contributed by atoms with E-state index in [1.54, 1.807) is 12.1 Å². The molecule has 0 amide bonds. The van der Waals surface area contributed by atoms with Crippen molar-refractivity contribution >= 4 is 15.9 Å². The van der Waals surface area contributed by atoms with E-state index in [1.165, 1.54) is 14.2 Å². The number of methoxy groups -OCH3 is 2. The smallest absolute Gasteiger partial charge is 0.389 e. The van der Waals surface area contributed by atoms with Crippen LogP contribution in [0.1, 0.15) is 24.4 Å². The summed E-state index contributed by atoms with van der Waals surface area (Å²) in [6, 6.07) is 3.19. The first-order chi connectivity index (χ1) is 11.4. The lowest BCUT2D eigenvalue weighted by Crippen LogP contribution is -2.45. The van der Waals surface area contributed by atoms with Crippen molar-refractivity contribution in [3.8, 4) is 11.5 Å².